The summed E-state index contributed by atoms with van der Waals surface area (Å²) in [6, 6.07) is 3.45. The zero-order chi connectivity index (χ0) is 17.8. The van der Waals surface area contributed by atoms with Gasteiger partial charge >= 0.3 is 8.25 Å². The fourth-order valence-electron chi connectivity index (χ4n) is 1.66. The second-order valence-electron chi connectivity index (χ2n) is 6.70. The van der Waals surface area contributed by atoms with Crippen molar-refractivity contribution < 1.29 is 27.9 Å². The van der Waals surface area contributed by atoms with Crippen LogP contribution < -0.4 is 13.9 Å². The lowest BCUT2D eigenvalue weighted by atomic mass is 10.2. The standard InChI is InChI=1S/C15H25O6PSi/c1-15(2,3)23(6,7)21-14-12(18-4)8-11(9-13(14)19-5)10-20-22(16)17/h8-9H,10H2,1-7H3/p+1. The van der Waals surface area contributed by atoms with Crippen molar-refractivity contribution >= 4 is 16.6 Å². The Balaban J connectivity index is 3.23. The number of benzene rings is 1. The molecule has 6 nitrogen and oxygen atoms in total. The Morgan fingerprint density at radius 1 is 1.13 bits per heavy atom. The van der Waals surface area contributed by atoms with Crippen LogP contribution in [0.3, 0.4) is 0 Å². The minimum absolute atomic E-state index is 0.0151. The van der Waals surface area contributed by atoms with E-state index in [4.69, 9.17) is 23.3 Å². The Kier molecular flexibility index (Phi) is 6.59. The van der Waals surface area contributed by atoms with E-state index in [1.54, 1.807) is 26.4 Å². The normalized spacial score (nSPS) is 12.8. The van der Waals surface area contributed by atoms with Crippen molar-refractivity contribution in [2.45, 2.75) is 45.5 Å². The van der Waals surface area contributed by atoms with Gasteiger partial charge < -0.3 is 13.9 Å². The van der Waals surface area contributed by atoms with Crippen LogP contribution in [-0.4, -0.2) is 27.4 Å². The summed E-state index contributed by atoms with van der Waals surface area (Å²) in [5.74, 6) is 1.58. The Morgan fingerprint density at radius 3 is 1.96 bits per heavy atom. The molecule has 0 heterocycles. The minimum atomic E-state index is -2.65. The zero-order valence-electron chi connectivity index (χ0n) is 14.8. The fraction of sp³-hybridized carbons (Fsp3) is 0.600. The van der Waals surface area contributed by atoms with Gasteiger partial charge in [-0.2, -0.15) is 0 Å². The molecule has 0 saturated heterocycles. The molecule has 0 spiro atoms. The summed E-state index contributed by atoms with van der Waals surface area (Å²) in [6.07, 6.45) is 0. The molecule has 0 aliphatic rings. The van der Waals surface area contributed by atoms with Gasteiger partial charge in [0.2, 0.25) is 0 Å². The molecule has 0 radical (unpaired) electrons. The molecule has 1 rings (SSSR count). The first kappa shape index (κ1) is 19.9. The summed E-state index contributed by atoms with van der Waals surface area (Å²) >= 11 is 0. The van der Waals surface area contributed by atoms with E-state index in [-0.39, 0.29) is 11.6 Å². The maximum atomic E-state index is 10.7. The molecule has 8 heteroatoms. The van der Waals surface area contributed by atoms with E-state index in [0.717, 1.165) is 0 Å². The van der Waals surface area contributed by atoms with Crippen molar-refractivity contribution in [3.8, 4) is 17.2 Å². The van der Waals surface area contributed by atoms with Gasteiger partial charge in [-0.3, -0.25) is 0 Å². The van der Waals surface area contributed by atoms with E-state index in [1.807, 2.05) is 0 Å². The van der Waals surface area contributed by atoms with Gasteiger partial charge in [-0.1, -0.05) is 20.8 Å². The van der Waals surface area contributed by atoms with Crippen LogP contribution in [0.1, 0.15) is 26.3 Å². The second-order valence-corrected chi connectivity index (χ2v) is 12.2. The third kappa shape index (κ3) is 5.17. The molecular weight excluding hydrogens is 335 g/mol. The summed E-state index contributed by atoms with van der Waals surface area (Å²) in [4.78, 5) is 8.77. The number of methoxy groups -OCH3 is 2. The second kappa shape index (κ2) is 7.62. The van der Waals surface area contributed by atoms with Gasteiger partial charge in [-0.15, -0.1) is 9.42 Å². The van der Waals surface area contributed by atoms with Gasteiger partial charge in [0.15, 0.2) is 17.2 Å². The molecule has 0 aliphatic carbocycles. The molecule has 130 valence electrons. The summed E-state index contributed by atoms with van der Waals surface area (Å²) in [6.45, 7) is 10.7. The maximum Gasteiger partial charge on any atom is 0.695 e. The molecule has 1 atom stereocenters. The van der Waals surface area contributed by atoms with Crippen LogP contribution in [0, 0.1) is 0 Å². The van der Waals surface area contributed by atoms with Gasteiger partial charge in [0.1, 0.15) is 6.61 Å². The Bertz CT molecular complexity index is 543. The van der Waals surface area contributed by atoms with Crippen molar-refractivity contribution in [1.82, 2.24) is 0 Å². The van der Waals surface area contributed by atoms with E-state index in [0.29, 0.717) is 22.8 Å². The average Bonchev–Trinajstić information content (AvgIpc) is 2.44. The number of ether oxygens (including phenoxy) is 2. The number of hydrogen-bond acceptors (Lipinski definition) is 5. The van der Waals surface area contributed by atoms with Crippen LogP contribution in [-0.2, 0) is 15.7 Å². The highest BCUT2D eigenvalue weighted by molar-refractivity contribution is 7.32. The first-order chi connectivity index (χ1) is 10.5. The smallest absolute Gasteiger partial charge is 0.539 e. The summed E-state index contributed by atoms with van der Waals surface area (Å²) in [5.41, 5.74) is 0.665. The lowest BCUT2D eigenvalue weighted by molar-refractivity contribution is 0.270. The SMILES string of the molecule is COc1cc(CO[P+](=O)O)cc(OC)c1O[Si](C)(C)C(C)(C)C. The van der Waals surface area contributed by atoms with E-state index in [1.165, 1.54) is 0 Å². The van der Waals surface area contributed by atoms with Crippen LogP contribution in [0.2, 0.25) is 18.1 Å². The molecular formula is C15H26O6PSi+. The molecule has 0 amide bonds. The molecule has 1 unspecified atom stereocenters. The number of hydrogen-bond donors (Lipinski definition) is 1. The molecule has 0 aromatic heterocycles. The Labute approximate surface area is 139 Å². The Hall–Kier alpha value is -1.14. The van der Waals surface area contributed by atoms with Crippen molar-refractivity contribution in [2.75, 3.05) is 14.2 Å². The third-order valence-corrected chi connectivity index (χ3v) is 8.70. The molecule has 1 aromatic rings. The molecule has 0 aliphatic heterocycles. The first-order valence-corrected chi connectivity index (χ1v) is 11.3. The zero-order valence-corrected chi connectivity index (χ0v) is 16.7. The lowest BCUT2D eigenvalue weighted by Gasteiger charge is -2.37. The van der Waals surface area contributed by atoms with Crippen molar-refractivity contribution in [3.05, 3.63) is 17.7 Å². The van der Waals surface area contributed by atoms with E-state index >= 15 is 0 Å². The predicted octanol–water partition coefficient (Wildman–Crippen LogP) is 4.25. The molecule has 0 fully saturated rings. The van der Waals surface area contributed by atoms with Gasteiger partial charge in [-0.25, -0.2) is 0 Å². The highest BCUT2D eigenvalue weighted by Crippen LogP contribution is 2.45. The summed E-state index contributed by atoms with van der Waals surface area (Å²) in [5, 5.41) is 0.0279. The molecule has 0 bridgehead atoms. The lowest BCUT2D eigenvalue weighted by Crippen LogP contribution is -2.44. The van der Waals surface area contributed by atoms with Crippen molar-refractivity contribution in [2.24, 2.45) is 0 Å². The fourth-order valence-corrected chi connectivity index (χ4v) is 2.93. The first-order valence-electron chi connectivity index (χ1n) is 7.25. The molecule has 23 heavy (non-hydrogen) atoms. The molecule has 1 N–H and O–H groups in total. The van der Waals surface area contributed by atoms with Crippen molar-refractivity contribution in [3.63, 3.8) is 0 Å². The highest BCUT2D eigenvalue weighted by Gasteiger charge is 2.40. The van der Waals surface area contributed by atoms with Gasteiger partial charge in [-0.05, 0) is 35.8 Å². The van der Waals surface area contributed by atoms with Crippen LogP contribution in [0.15, 0.2) is 12.1 Å². The quantitative estimate of drug-likeness (QED) is 0.578. The van der Waals surface area contributed by atoms with Gasteiger partial charge in [0.25, 0.3) is 8.32 Å². The van der Waals surface area contributed by atoms with Crippen molar-refractivity contribution in [1.29, 1.82) is 0 Å². The predicted molar refractivity (Wildman–Crippen MR) is 92.0 cm³/mol. The van der Waals surface area contributed by atoms with Crippen LogP contribution >= 0.6 is 8.25 Å². The summed E-state index contributed by atoms with van der Waals surface area (Å²) in [7, 11) is -1.63. The molecule has 0 saturated carbocycles. The topological polar surface area (TPSA) is 74.2 Å². The average molecular weight is 361 g/mol. The van der Waals surface area contributed by atoms with E-state index in [9.17, 15) is 4.57 Å². The van der Waals surface area contributed by atoms with Crippen LogP contribution in [0.4, 0.5) is 0 Å². The van der Waals surface area contributed by atoms with Crippen LogP contribution in [0.25, 0.3) is 0 Å². The van der Waals surface area contributed by atoms with Gasteiger partial charge in [0, 0.05) is 4.57 Å². The minimum Gasteiger partial charge on any atom is -0.539 e. The largest absolute Gasteiger partial charge is 0.695 e. The summed E-state index contributed by atoms with van der Waals surface area (Å²) < 4.78 is 32.6. The highest BCUT2D eigenvalue weighted by atomic mass is 31.1. The van der Waals surface area contributed by atoms with Crippen LogP contribution in [0.5, 0.6) is 17.2 Å². The number of rotatable bonds is 7. The van der Waals surface area contributed by atoms with Gasteiger partial charge in [0.05, 0.1) is 14.2 Å². The Morgan fingerprint density at radius 2 is 1.61 bits per heavy atom. The van der Waals surface area contributed by atoms with E-state index in [2.05, 4.69) is 33.9 Å². The maximum absolute atomic E-state index is 10.7. The molecule has 1 aromatic carbocycles. The van der Waals surface area contributed by atoms with E-state index < -0.39 is 16.6 Å². The third-order valence-electron chi connectivity index (χ3n) is 4.03. The monoisotopic (exact) mass is 361 g/mol.